The van der Waals surface area contributed by atoms with E-state index in [0.29, 0.717) is 25.8 Å². The lowest BCUT2D eigenvalue weighted by Crippen LogP contribution is -2.28. The molecule has 4 aromatic carbocycles. The fourth-order valence-corrected chi connectivity index (χ4v) is 4.75. The van der Waals surface area contributed by atoms with E-state index >= 15 is 0 Å². The molecule has 1 aliphatic rings. The highest BCUT2D eigenvalue weighted by Crippen LogP contribution is 2.38. The Balaban J connectivity index is 1.61. The molecule has 0 saturated carbocycles. The van der Waals surface area contributed by atoms with Gasteiger partial charge in [-0.2, -0.15) is 0 Å². The maximum Gasteiger partial charge on any atom is 0.271 e. The quantitative estimate of drug-likeness (QED) is 0.282. The largest absolute Gasteiger partial charge is 0.271 e. The van der Waals surface area contributed by atoms with Crippen LogP contribution in [0, 0.1) is 0 Å². The number of halogens is 2. The van der Waals surface area contributed by atoms with Crippen LogP contribution in [0.1, 0.15) is 5.56 Å². The van der Waals surface area contributed by atoms with Crippen molar-refractivity contribution >= 4 is 74.3 Å². The molecule has 1 heterocycles. The van der Waals surface area contributed by atoms with Gasteiger partial charge in [0.15, 0.2) is 5.17 Å². The first-order valence-corrected chi connectivity index (χ1v) is 11.5. The number of nitrogens with zero attached hydrogens (tertiary/aromatic N) is 2. The number of amides is 1. The third-order valence-electron chi connectivity index (χ3n) is 5.05. The van der Waals surface area contributed by atoms with E-state index in [4.69, 9.17) is 28.2 Å². The van der Waals surface area contributed by atoms with Gasteiger partial charge in [0, 0.05) is 10.0 Å². The van der Waals surface area contributed by atoms with Crippen LogP contribution in [-0.2, 0) is 4.79 Å². The number of aliphatic imine (C=N–C) groups is 1. The second-order valence-corrected chi connectivity index (χ2v) is 9.05. The van der Waals surface area contributed by atoms with Gasteiger partial charge in [-0.3, -0.25) is 9.69 Å². The second-order valence-electron chi connectivity index (χ2n) is 7.17. The van der Waals surface area contributed by atoms with Crippen LogP contribution in [0.4, 0.5) is 11.4 Å². The van der Waals surface area contributed by atoms with Crippen LogP contribution >= 0.6 is 35.0 Å². The molecular weight excluding hydrogens is 459 g/mol. The summed E-state index contributed by atoms with van der Waals surface area (Å²) in [5, 5.41) is 4.04. The number of amidine groups is 1. The van der Waals surface area contributed by atoms with Crippen molar-refractivity contribution < 1.29 is 4.79 Å². The Morgan fingerprint density at radius 1 is 0.781 bits per heavy atom. The van der Waals surface area contributed by atoms with Crippen LogP contribution in [0.5, 0.6) is 0 Å². The summed E-state index contributed by atoms with van der Waals surface area (Å²) >= 11 is 13.4. The van der Waals surface area contributed by atoms with Gasteiger partial charge in [-0.15, -0.1) is 0 Å². The molecule has 0 unspecified atom stereocenters. The average molecular weight is 475 g/mol. The lowest BCUT2D eigenvalue weighted by molar-refractivity contribution is -0.113. The smallest absolute Gasteiger partial charge is 0.268 e. The summed E-state index contributed by atoms with van der Waals surface area (Å²) in [6, 6.07) is 28.6. The van der Waals surface area contributed by atoms with Gasteiger partial charge in [-0.25, -0.2) is 4.99 Å². The summed E-state index contributed by atoms with van der Waals surface area (Å²) in [6.07, 6.45) is 1.93. The van der Waals surface area contributed by atoms with Gasteiger partial charge in [0.1, 0.15) is 0 Å². The summed E-state index contributed by atoms with van der Waals surface area (Å²) in [5.41, 5.74) is 2.42. The second kappa shape index (κ2) is 8.83. The maximum absolute atomic E-state index is 13.5. The highest BCUT2D eigenvalue weighted by molar-refractivity contribution is 8.19. The number of benzene rings is 4. The van der Waals surface area contributed by atoms with Gasteiger partial charge in [0.05, 0.1) is 16.3 Å². The Hall–Kier alpha value is -3.05. The Bertz CT molecular complexity index is 1370. The summed E-state index contributed by atoms with van der Waals surface area (Å²) in [7, 11) is 0. The number of fused-ring (bicyclic) bond motifs is 1. The van der Waals surface area contributed by atoms with E-state index in [1.807, 2.05) is 54.6 Å². The number of thioether (sulfide) groups is 1. The Morgan fingerprint density at radius 3 is 2.19 bits per heavy atom. The predicted molar refractivity (Wildman–Crippen MR) is 137 cm³/mol. The van der Waals surface area contributed by atoms with Crippen molar-refractivity contribution in [1.82, 2.24) is 0 Å². The highest BCUT2D eigenvalue weighted by atomic mass is 35.5. The van der Waals surface area contributed by atoms with Crippen molar-refractivity contribution in [2.45, 2.75) is 0 Å². The van der Waals surface area contributed by atoms with Gasteiger partial charge in [-0.05, 0) is 82.7 Å². The van der Waals surface area contributed by atoms with Crippen molar-refractivity contribution in [2.24, 2.45) is 4.99 Å². The predicted octanol–water partition coefficient (Wildman–Crippen LogP) is 7.96. The molecule has 1 amide bonds. The zero-order valence-corrected chi connectivity index (χ0v) is 19.0. The minimum absolute atomic E-state index is 0.127. The normalized spacial score (nSPS) is 16.4. The molecule has 1 saturated heterocycles. The minimum atomic E-state index is -0.127. The zero-order chi connectivity index (χ0) is 22.1. The molecule has 5 rings (SSSR count). The number of hydrogen-bond acceptors (Lipinski definition) is 3. The molecule has 4 aromatic rings. The van der Waals surface area contributed by atoms with Crippen LogP contribution in [0.25, 0.3) is 16.8 Å². The molecule has 156 valence electrons. The minimum Gasteiger partial charge on any atom is -0.268 e. The molecule has 0 bridgehead atoms. The molecule has 0 atom stereocenters. The first kappa shape index (κ1) is 20.8. The molecule has 3 nitrogen and oxygen atoms in total. The molecule has 0 aromatic heterocycles. The number of anilines is 1. The molecular formula is C26H16Cl2N2OS. The van der Waals surface area contributed by atoms with Gasteiger partial charge in [0.25, 0.3) is 5.91 Å². The third-order valence-corrected chi connectivity index (χ3v) is 6.53. The SMILES string of the molecule is O=C1C(=Cc2cccc3ccccc23)SC(=Nc2ccc(Cl)cc2)N1c1ccc(Cl)cc1. The lowest BCUT2D eigenvalue weighted by Gasteiger charge is -2.15. The average Bonchev–Trinajstić information content (AvgIpc) is 3.11. The molecule has 6 heteroatoms. The molecule has 0 N–H and O–H groups in total. The monoisotopic (exact) mass is 474 g/mol. The first-order valence-electron chi connectivity index (χ1n) is 9.90. The molecule has 32 heavy (non-hydrogen) atoms. The molecule has 0 radical (unpaired) electrons. The summed E-state index contributed by atoms with van der Waals surface area (Å²) < 4.78 is 0. The van der Waals surface area contributed by atoms with Gasteiger partial charge in [-0.1, -0.05) is 65.7 Å². The van der Waals surface area contributed by atoms with E-state index in [-0.39, 0.29) is 5.91 Å². The number of carbonyl (C=O) groups excluding carboxylic acids is 1. The van der Waals surface area contributed by atoms with E-state index in [9.17, 15) is 4.79 Å². The van der Waals surface area contributed by atoms with Crippen molar-refractivity contribution in [3.8, 4) is 0 Å². The summed E-state index contributed by atoms with van der Waals surface area (Å²) in [6.45, 7) is 0. The number of hydrogen-bond donors (Lipinski definition) is 0. The highest BCUT2D eigenvalue weighted by Gasteiger charge is 2.34. The van der Waals surface area contributed by atoms with E-state index in [2.05, 4.69) is 18.2 Å². The van der Waals surface area contributed by atoms with Crippen LogP contribution < -0.4 is 4.90 Å². The fourth-order valence-electron chi connectivity index (χ4n) is 3.51. The van der Waals surface area contributed by atoms with Crippen LogP contribution in [-0.4, -0.2) is 11.1 Å². The molecule has 1 fully saturated rings. The van der Waals surface area contributed by atoms with Crippen LogP contribution in [0.15, 0.2) is 101 Å². The first-order chi connectivity index (χ1) is 15.6. The van der Waals surface area contributed by atoms with Crippen LogP contribution in [0.3, 0.4) is 0 Å². The number of carbonyl (C=O) groups is 1. The van der Waals surface area contributed by atoms with E-state index < -0.39 is 0 Å². The topological polar surface area (TPSA) is 32.7 Å². The van der Waals surface area contributed by atoms with E-state index in [0.717, 1.165) is 22.0 Å². The Labute approximate surface area is 200 Å². The van der Waals surface area contributed by atoms with Crippen molar-refractivity contribution in [3.63, 3.8) is 0 Å². The Kier molecular flexibility index (Phi) is 5.75. The standard InChI is InChI=1S/C26H16Cl2N2OS/c27-19-8-12-21(13-9-19)29-26-30(22-14-10-20(28)11-15-22)25(31)24(32-26)16-18-6-3-5-17-4-1-2-7-23(17)18/h1-16H. The van der Waals surface area contributed by atoms with Crippen molar-refractivity contribution in [1.29, 1.82) is 0 Å². The number of rotatable bonds is 3. The van der Waals surface area contributed by atoms with E-state index in [1.165, 1.54) is 11.8 Å². The van der Waals surface area contributed by atoms with Crippen LogP contribution in [0.2, 0.25) is 10.0 Å². The van der Waals surface area contributed by atoms with Gasteiger partial charge in [0.2, 0.25) is 0 Å². The molecule has 1 aliphatic heterocycles. The van der Waals surface area contributed by atoms with Crippen molar-refractivity contribution in [3.05, 3.63) is 112 Å². The van der Waals surface area contributed by atoms with E-state index in [1.54, 1.807) is 29.2 Å². The fraction of sp³-hybridized carbons (Fsp3) is 0. The summed E-state index contributed by atoms with van der Waals surface area (Å²) in [4.78, 5) is 20.4. The van der Waals surface area contributed by atoms with Gasteiger partial charge < -0.3 is 0 Å². The lowest BCUT2D eigenvalue weighted by atomic mass is 10.0. The van der Waals surface area contributed by atoms with Gasteiger partial charge >= 0.3 is 0 Å². The molecule has 0 spiro atoms. The zero-order valence-electron chi connectivity index (χ0n) is 16.7. The molecule has 0 aliphatic carbocycles. The third kappa shape index (κ3) is 4.17. The van der Waals surface area contributed by atoms with Crippen molar-refractivity contribution in [2.75, 3.05) is 4.90 Å². The summed E-state index contributed by atoms with van der Waals surface area (Å²) in [5.74, 6) is -0.127. The Morgan fingerprint density at radius 2 is 1.44 bits per heavy atom. The maximum atomic E-state index is 13.5.